The van der Waals surface area contributed by atoms with E-state index < -0.39 is 11.6 Å². The summed E-state index contributed by atoms with van der Waals surface area (Å²) in [6.07, 6.45) is -0.289. The average Bonchev–Trinajstić information content (AvgIpc) is 2.46. The van der Waals surface area contributed by atoms with Gasteiger partial charge in [0.05, 0.1) is 5.69 Å². The van der Waals surface area contributed by atoms with Crippen molar-refractivity contribution in [1.29, 1.82) is 0 Å². The normalized spacial score (nSPS) is 16.2. The Morgan fingerprint density at radius 2 is 1.87 bits per heavy atom. The molecular formula is C16H23N3O4. The van der Waals surface area contributed by atoms with Crippen LogP contribution in [0.25, 0.3) is 0 Å². The highest BCUT2D eigenvalue weighted by Gasteiger charge is 2.25. The van der Waals surface area contributed by atoms with Gasteiger partial charge in [0.1, 0.15) is 11.3 Å². The third-order valence-corrected chi connectivity index (χ3v) is 3.44. The Labute approximate surface area is 135 Å². The summed E-state index contributed by atoms with van der Waals surface area (Å²) >= 11 is 0. The molecule has 2 rings (SSSR count). The van der Waals surface area contributed by atoms with Crippen LogP contribution in [-0.4, -0.2) is 63.7 Å². The van der Waals surface area contributed by atoms with E-state index >= 15 is 0 Å². The number of amides is 1. The molecule has 0 atom stereocenters. The fraction of sp³-hybridized carbons (Fsp3) is 0.562. The van der Waals surface area contributed by atoms with Crippen molar-refractivity contribution in [3.8, 4) is 0 Å². The van der Waals surface area contributed by atoms with Crippen molar-refractivity contribution < 1.29 is 19.4 Å². The number of carboxylic acid groups (broad SMARTS) is 1. The second kappa shape index (κ2) is 6.95. The van der Waals surface area contributed by atoms with Crippen molar-refractivity contribution in [2.75, 3.05) is 26.2 Å². The van der Waals surface area contributed by atoms with Crippen molar-refractivity contribution in [3.63, 3.8) is 0 Å². The van der Waals surface area contributed by atoms with Gasteiger partial charge in [-0.2, -0.15) is 0 Å². The Kier molecular flexibility index (Phi) is 5.20. The van der Waals surface area contributed by atoms with Crippen molar-refractivity contribution in [2.45, 2.75) is 32.9 Å². The summed E-state index contributed by atoms with van der Waals surface area (Å²) in [5.74, 6) is -1.03. The van der Waals surface area contributed by atoms with Crippen molar-refractivity contribution in [1.82, 2.24) is 14.8 Å². The number of pyridine rings is 1. The molecule has 0 radical (unpaired) electrons. The van der Waals surface area contributed by atoms with Crippen LogP contribution in [0.3, 0.4) is 0 Å². The van der Waals surface area contributed by atoms with Crippen LogP contribution in [0.4, 0.5) is 4.79 Å². The van der Waals surface area contributed by atoms with Gasteiger partial charge in [-0.1, -0.05) is 6.07 Å². The molecule has 1 aromatic heterocycles. The summed E-state index contributed by atoms with van der Waals surface area (Å²) in [5, 5.41) is 8.97. The molecule has 1 amide bonds. The van der Waals surface area contributed by atoms with E-state index in [-0.39, 0.29) is 11.8 Å². The van der Waals surface area contributed by atoms with E-state index in [1.807, 2.05) is 26.8 Å². The summed E-state index contributed by atoms with van der Waals surface area (Å²) in [6, 6.07) is 4.99. The predicted molar refractivity (Wildman–Crippen MR) is 84.3 cm³/mol. The maximum atomic E-state index is 12.0. The van der Waals surface area contributed by atoms with Crippen LogP contribution in [0.5, 0.6) is 0 Å². The van der Waals surface area contributed by atoms with E-state index in [1.54, 1.807) is 11.0 Å². The summed E-state index contributed by atoms with van der Waals surface area (Å²) in [6.45, 7) is 8.72. The standard InChI is InChI=1S/C16H23N3O4/c1-16(2,3)23-15(22)19-9-7-18(8-10-19)11-12-5-4-6-13(17-12)14(20)21/h4-6H,7-11H2,1-3H3,(H,20,21). The Morgan fingerprint density at radius 1 is 1.22 bits per heavy atom. The molecule has 0 unspecified atom stereocenters. The van der Waals surface area contributed by atoms with Gasteiger partial charge in [-0.3, -0.25) is 4.90 Å². The number of ether oxygens (including phenoxy) is 1. The molecule has 23 heavy (non-hydrogen) atoms. The van der Waals surface area contributed by atoms with Gasteiger partial charge in [0, 0.05) is 32.7 Å². The van der Waals surface area contributed by atoms with E-state index in [9.17, 15) is 9.59 Å². The lowest BCUT2D eigenvalue weighted by Gasteiger charge is -2.35. The van der Waals surface area contributed by atoms with Gasteiger partial charge in [0.2, 0.25) is 0 Å². The Bertz CT molecular complexity index is 575. The number of hydrogen-bond donors (Lipinski definition) is 1. The molecule has 0 aliphatic carbocycles. The molecule has 1 saturated heterocycles. The molecule has 126 valence electrons. The molecular weight excluding hydrogens is 298 g/mol. The van der Waals surface area contributed by atoms with Crippen LogP contribution < -0.4 is 0 Å². The van der Waals surface area contributed by atoms with Gasteiger partial charge >= 0.3 is 12.1 Å². The van der Waals surface area contributed by atoms with Crippen LogP contribution in [0.1, 0.15) is 37.0 Å². The zero-order chi connectivity index (χ0) is 17.0. The average molecular weight is 321 g/mol. The summed E-state index contributed by atoms with van der Waals surface area (Å²) in [5.41, 5.74) is 0.278. The molecule has 1 aliphatic rings. The van der Waals surface area contributed by atoms with Crippen molar-refractivity contribution >= 4 is 12.1 Å². The zero-order valence-electron chi connectivity index (χ0n) is 13.8. The van der Waals surface area contributed by atoms with Crippen molar-refractivity contribution in [2.24, 2.45) is 0 Å². The SMILES string of the molecule is CC(C)(C)OC(=O)N1CCN(Cc2cccc(C(=O)O)n2)CC1. The Hall–Kier alpha value is -2.15. The van der Waals surface area contributed by atoms with Crippen LogP contribution >= 0.6 is 0 Å². The number of rotatable bonds is 3. The molecule has 1 aromatic rings. The minimum atomic E-state index is -1.03. The lowest BCUT2D eigenvalue weighted by atomic mass is 10.2. The van der Waals surface area contributed by atoms with Gasteiger partial charge in [0.15, 0.2) is 0 Å². The van der Waals surface area contributed by atoms with E-state index in [2.05, 4.69) is 9.88 Å². The number of carbonyl (C=O) groups excluding carboxylic acids is 1. The maximum Gasteiger partial charge on any atom is 0.410 e. The van der Waals surface area contributed by atoms with E-state index in [4.69, 9.17) is 9.84 Å². The van der Waals surface area contributed by atoms with Gasteiger partial charge in [0.25, 0.3) is 0 Å². The number of nitrogens with zero attached hydrogens (tertiary/aromatic N) is 3. The van der Waals surface area contributed by atoms with Gasteiger partial charge in [-0.05, 0) is 32.9 Å². The first-order valence-corrected chi connectivity index (χ1v) is 7.64. The quantitative estimate of drug-likeness (QED) is 0.914. The fourth-order valence-electron chi connectivity index (χ4n) is 2.33. The third-order valence-electron chi connectivity index (χ3n) is 3.44. The Morgan fingerprint density at radius 3 is 2.43 bits per heavy atom. The van der Waals surface area contributed by atoms with Crippen LogP contribution in [0, 0.1) is 0 Å². The number of hydrogen-bond acceptors (Lipinski definition) is 5. The molecule has 0 spiro atoms. The summed E-state index contributed by atoms with van der Waals surface area (Å²) < 4.78 is 5.36. The first-order chi connectivity index (χ1) is 10.7. The topological polar surface area (TPSA) is 83.0 Å². The Balaban J connectivity index is 1.86. The third kappa shape index (κ3) is 5.21. The monoisotopic (exact) mass is 321 g/mol. The smallest absolute Gasteiger partial charge is 0.410 e. The largest absolute Gasteiger partial charge is 0.477 e. The molecule has 0 bridgehead atoms. The lowest BCUT2D eigenvalue weighted by Crippen LogP contribution is -2.49. The molecule has 0 aromatic carbocycles. The minimum absolute atomic E-state index is 0.0508. The first kappa shape index (κ1) is 17.2. The van der Waals surface area contributed by atoms with E-state index in [0.717, 1.165) is 5.69 Å². The molecule has 1 fully saturated rings. The van der Waals surface area contributed by atoms with E-state index in [0.29, 0.717) is 32.7 Å². The fourth-order valence-corrected chi connectivity index (χ4v) is 2.33. The highest BCUT2D eigenvalue weighted by Crippen LogP contribution is 2.13. The van der Waals surface area contributed by atoms with Gasteiger partial charge in [-0.15, -0.1) is 0 Å². The molecule has 2 heterocycles. The molecule has 1 aliphatic heterocycles. The predicted octanol–water partition coefficient (Wildman–Crippen LogP) is 1.83. The number of carbonyl (C=O) groups is 2. The van der Waals surface area contributed by atoms with Crippen LogP contribution in [-0.2, 0) is 11.3 Å². The van der Waals surface area contributed by atoms with Crippen molar-refractivity contribution in [3.05, 3.63) is 29.6 Å². The second-order valence-corrected chi connectivity index (χ2v) is 6.56. The maximum absolute atomic E-state index is 12.0. The zero-order valence-corrected chi connectivity index (χ0v) is 13.8. The summed E-state index contributed by atoms with van der Waals surface area (Å²) in [4.78, 5) is 30.9. The highest BCUT2D eigenvalue weighted by molar-refractivity contribution is 5.85. The van der Waals surface area contributed by atoms with Gasteiger partial charge < -0.3 is 14.7 Å². The summed E-state index contributed by atoms with van der Waals surface area (Å²) in [7, 11) is 0. The second-order valence-electron chi connectivity index (χ2n) is 6.56. The number of aromatic nitrogens is 1. The highest BCUT2D eigenvalue weighted by atomic mass is 16.6. The number of aromatic carboxylic acids is 1. The van der Waals surface area contributed by atoms with Crippen LogP contribution in [0.2, 0.25) is 0 Å². The van der Waals surface area contributed by atoms with E-state index in [1.165, 1.54) is 6.07 Å². The van der Waals surface area contributed by atoms with Crippen LogP contribution in [0.15, 0.2) is 18.2 Å². The number of carboxylic acids is 1. The molecule has 0 saturated carbocycles. The first-order valence-electron chi connectivity index (χ1n) is 7.64. The minimum Gasteiger partial charge on any atom is -0.477 e. The molecule has 7 nitrogen and oxygen atoms in total. The number of piperazine rings is 1. The lowest BCUT2D eigenvalue weighted by molar-refractivity contribution is 0.0137. The molecule has 1 N–H and O–H groups in total. The van der Waals surface area contributed by atoms with Gasteiger partial charge in [-0.25, -0.2) is 14.6 Å². The molecule has 7 heteroatoms.